The molecule has 0 aliphatic carbocycles. The van der Waals surface area contributed by atoms with Gasteiger partial charge in [-0.1, -0.05) is 164 Å². The van der Waals surface area contributed by atoms with Crippen LogP contribution in [0.25, 0.3) is 176 Å². The quantitative estimate of drug-likeness (QED) is 0.0885. The van der Waals surface area contributed by atoms with Crippen molar-refractivity contribution >= 4 is 121 Å². The molecular weight excluding hydrogens is 1090 g/mol. The van der Waals surface area contributed by atoms with Crippen LogP contribution in [0, 0.1) is 0 Å². The number of hydrogen-bond acceptors (Lipinski definition) is 8. The van der Waals surface area contributed by atoms with Gasteiger partial charge in [-0.05, 0) is 150 Å². The van der Waals surface area contributed by atoms with E-state index >= 15 is 0 Å². The van der Waals surface area contributed by atoms with Gasteiger partial charge in [-0.15, -0.1) is 0 Å². The van der Waals surface area contributed by atoms with Crippen LogP contribution in [0.2, 0.25) is 0 Å². The Bertz CT molecular complexity index is 5760. The molecule has 7 heterocycles. The molecule has 0 spiro atoms. The number of hydrogen-bond donors (Lipinski definition) is 0. The van der Waals surface area contributed by atoms with Gasteiger partial charge in [0.05, 0.1) is 45.0 Å². The Morgan fingerprint density at radius 3 is 1.51 bits per heavy atom. The SMILES string of the molecule is CC1(C)OB(c2ccc3c(c2)nc(-c2ccccc2)c2ccc4c5ccc(-c6cccc(-c7nc8cc(-c9c%10ccccc%10c(-c%10cccc(-c%11ccncc%11)n%10)c%10ccccc9%10)ccc8c8c7ccc7c9ccccc9oc78)c6)cc5oc4c23)OC1(C)C. The van der Waals surface area contributed by atoms with Crippen LogP contribution in [-0.4, -0.2) is 38.3 Å². The van der Waals surface area contributed by atoms with Crippen LogP contribution >= 0.6 is 0 Å². The molecule has 9 heteroatoms. The lowest BCUT2D eigenvalue weighted by atomic mass is 9.78. The third kappa shape index (κ3) is 7.95. The van der Waals surface area contributed by atoms with Crippen molar-refractivity contribution in [2.45, 2.75) is 38.9 Å². The normalized spacial score (nSPS) is 14.1. The highest BCUT2D eigenvalue weighted by Gasteiger charge is 2.51. The molecule has 11 aromatic carbocycles. The van der Waals surface area contributed by atoms with Crippen LogP contribution in [0.5, 0.6) is 0 Å². The van der Waals surface area contributed by atoms with E-state index in [4.69, 9.17) is 33.1 Å². The summed E-state index contributed by atoms with van der Waals surface area (Å²) in [4.78, 5) is 20.7. The third-order valence-electron chi connectivity index (χ3n) is 19.0. The summed E-state index contributed by atoms with van der Waals surface area (Å²) in [6.07, 6.45) is 3.63. The van der Waals surface area contributed by atoms with Gasteiger partial charge in [0.15, 0.2) is 0 Å². The molecule has 420 valence electrons. The van der Waals surface area contributed by atoms with Gasteiger partial charge in [-0.25, -0.2) is 15.0 Å². The van der Waals surface area contributed by atoms with E-state index in [0.717, 1.165) is 182 Å². The lowest BCUT2D eigenvalue weighted by Crippen LogP contribution is -2.41. The van der Waals surface area contributed by atoms with Gasteiger partial charge in [0.2, 0.25) is 0 Å². The molecule has 0 N–H and O–H groups in total. The highest BCUT2D eigenvalue weighted by Crippen LogP contribution is 2.48. The molecule has 1 aliphatic rings. The van der Waals surface area contributed by atoms with Crippen molar-refractivity contribution in [3.05, 3.63) is 249 Å². The molecule has 0 atom stereocenters. The van der Waals surface area contributed by atoms with E-state index in [9.17, 15) is 0 Å². The van der Waals surface area contributed by atoms with Gasteiger partial charge in [0.25, 0.3) is 0 Å². The number of fused-ring (bicyclic) bond motifs is 16. The topological polar surface area (TPSA) is 96.3 Å². The molecule has 18 rings (SSSR count). The van der Waals surface area contributed by atoms with Crippen LogP contribution in [-0.2, 0) is 9.31 Å². The Hall–Kier alpha value is -10.8. The molecule has 0 amide bonds. The number of aromatic nitrogens is 4. The van der Waals surface area contributed by atoms with Crippen LogP contribution in [0.3, 0.4) is 0 Å². The number of benzene rings is 11. The van der Waals surface area contributed by atoms with Gasteiger partial charge >= 0.3 is 7.12 Å². The zero-order valence-electron chi connectivity index (χ0n) is 49.2. The molecule has 89 heavy (non-hydrogen) atoms. The summed E-state index contributed by atoms with van der Waals surface area (Å²) in [6, 6.07) is 83.8. The van der Waals surface area contributed by atoms with Gasteiger partial charge < -0.3 is 18.1 Å². The van der Waals surface area contributed by atoms with Crippen molar-refractivity contribution in [1.82, 2.24) is 19.9 Å². The fourth-order valence-corrected chi connectivity index (χ4v) is 13.9. The Morgan fingerprint density at radius 1 is 0.315 bits per heavy atom. The van der Waals surface area contributed by atoms with Crippen LogP contribution in [0.1, 0.15) is 27.7 Å². The molecule has 1 aliphatic heterocycles. The number of nitrogens with zero attached hydrogens (tertiary/aromatic N) is 4. The summed E-state index contributed by atoms with van der Waals surface area (Å²) < 4.78 is 27.1. The largest absolute Gasteiger partial charge is 0.494 e. The zero-order chi connectivity index (χ0) is 59.3. The smallest absolute Gasteiger partial charge is 0.455 e. The van der Waals surface area contributed by atoms with Gasteiger partial charge in [0, 0.05) is 88.5 Å². The maximum absolute atomic E-state index is 7.14. The van der Waals surface area contributed by atoms with Crippen LogP contribution in [0.4, 0.5) is 0 Å². The van der Waals surface area contributed by atoms with E-state index in [1.165, 1.54) is 0 Å². The molecule has 0 bridgehead atoms. The Labute approximate surface area is 511 Å². The highest BCUT2D eigenvalue weighted by atomic mass is 16.7. The highest BCUT2D eigenvalue weighted by molar-refractivity contribution is 6.62. The van der Waals surface area contributed by atoms with Crippen molar-refractivity contribution < 1.29 is 18.1 Å². The average Bonchev–Trinajstić information content (AvgIpc) is 1.75. The molecule has 17 aromatic rings. The number of pyridine rings is 4. The summed E-state index contributed by atoms with van der Waals surface area (Å²) in [5.74, 6) is 0. The number of furan rings is 2. The molecule has 8 nitrogen and oxygen atoms in total. The zero-order valence-corrected chi connectivity index (χ0v) is 49.2. The van der Waals surface area contributed by atoms with Crippen LogP contribution < -0.4 is 5.46 Å². The predicted octanol–water partition coefficient (Wildman–Crippen LogP) is 20.3. The Morgan fingerprint density at radius 2 is 0.809 bits per heavy atom. The van der Waals surface area contributed by atoms with E-state index < -0.39 is 18.3 Å². The van der Waals surface area contributed by atoms with E-state index in [0.29, 0.717) is 0 Å². The Kier molecular flexibility index (Phi) is 11.2. The summed E-state index contributed by atoms with van der Waals surface area (Å²) in [5, 5.41) is 14.8. The lowest BCUT2D eigenvalue weighted by Gasteiger charge is -2.32. The first-order valence-corrected chi connectivity index (χ1v) is 30.3. The minimum atomic E-state index is -0.526. The van der Waals surface area contributed by atoms with E-state index in [2.05, 4.69) is 245 Å². The first-order chi connectivity index (χ1) is 43.6. The fourth-order valence-electron chi connectivity index (χ4n) is 13.9. The van der Waals surface area contributed by atoms with Gasteiger partial charge in [0.1, 0.15) is 22.3 Å². The summed E-state index contributed by atoms with van der Waals surface area (Å²) in [6.45, 7) is 8.33. The van der Waals surface area contributed by atoms with Crippen molar-refractivity contribution in [3.63, 3.8) is 0 Å². The monoisotopic (exact) mass is 1140 g/mol. The van der Waals surface area contributed by atoms with Crippen molar-refractivity contribution in [2.75, 3.05) is 0 Å². The first kappa shape index (κ1) is 51.4. The molecule has 0 radical (unpaired) electrons. The second-order valence-corrected chi connectivity index (χ2v) is 24.6. The first-order valence-electron chi connectivity index (χ1n) is 30.3. The minimum absolute atomic E-state index is 0.479. The molecular formula is C80H53BN4O4. The standard InChI is InChI=1S/C80H53BN4O4/c1-79(2)80(3,4)89-81(88-79)52-30-33-62-68(45-52)85-75(47-16-6-5-7-17-47)63-36-35-60-54-31-28-49(44-70(54)87-78(60)74(62)63)48-18-14-19-51(42-48)76-64-37-34-59-53-20-12-13-27-69(53)86-77(59)73(64)61-32-29-50(43-67(61)84-76)71-55-21-8-10-23-57(55)72(58-24-11-9-22-56(58)71)66-26-15-25-65(83-66)46-38-40-82-41-39-46/h5-45H,1-4H3. The van der Waals surface area contributed by atoms with E-state index in [-0.39, 0.29) is 0 Å². The van der Waals surface area contributed by atoms with Crippen molar-refractivity contribution in [2.24, 2.45) is 0 Å². The maximum Gasteiger partial charge on any atom is 0.494 e. The van der Waals surface area contributed by atoms with Gasteiger partial charge in [-0.3, -0.25) is 4.98 Å². The van der Waals surface area contributed by atoms with Crippen molar-refractivity contribution in [3.8, 4) is 67.3 Å². The molecule has 6 aromatic heterocycles. The van der Waals surface area contributed by atoms with Crippen LogP contribution in [0.15, 0.2) is 258 Å². The minimum Gasteiger partial charge on any atom is -0.455 e. The molecule has 1 saturated heterocycles. The summed E-state index contributed by atoms with van der Waals surface area (Å²) in [7, 11) is -0.526. The molecule has 0 saturated carbocycles. The second kappa shape index (κ2) is 19.3. The summed E-state index contributed by atoms with van der Waals surface area (Å²) >= 11 is 0. The fraction of sp³-hybridized carbons (Fsp3) is 0.0750. The van der Waals surface area contributed by atoms with E-state index in [1.807, 2.05) is 36.7 Å². The average molecular weight is 1150 g/mol. The molecule has 1 fully saturated rings. The summed E-state index contributed by atoms with van der Waals surface area (Å²) in [5.41, 5.74) is 17.0. The third-order valence-corrected chi connectivity index (χ3v) is 19.0. The predicted molar refractivity (Wildman–Crippen MR) is 366 cm³/mol. The van der Waals surface area contributed by atoms with Gasteiger partial charge in [-0.2, -0.15) is 0 Å². The maximum atomic E-state index is 7.14. The van der Waals surface area contributed by atoms with Crippen molar-refractivity contribution in [1.29, 1.82) is 0 Å². The number of rotatable bonds is 7. The van der Waals surface area contributed by atoms with E-state index in [1.54, 1.807) is 0 Å². The number of para-hydroxylation sites is 1. The second-order valence-electron chi connectivity index (χ2n) is 24.6. The Balaban J connectivity index is 0.799. The molecule has 0 unspecified atom stereocenters. The lowest BCUT2D eigenvalue weighted by molar-refractivity contribution is 0.00578.